The minimum Gasteiger partial charge on any atom is -0.356 e. The number of hydrogen-bond acceptors (Lipinski definition) is 3. The number of hydrogen-bond donors (Lipinski definition) is 1. The number of likely N-dealkylation sites (tertiary alicyclic amines) is 1. The zero-order valence-electron chi connectivity index (χ0n) is 8.21. The van der Waals surface area contributed by atoms with Crippen molar-refractivity contribution in [1.29, 1.82) is 0 Å². The maximum atomic E-state index is 11.1. The Morgan fingerprint density at radius 3 is 2.71 bits per heavy atom. The molecule has 0 unspecified atom stereocenters. The SMILES string of the molecule is CC(=O)NCCCN1CC(=O)CC1=O. The molecule has 5 heteroatoms. The summed E-state index contributed by atoms with van der Waals surface area (Å²) in [6, 6.07) is 0. The summed E-state index contributed by atoms with van der Waals surface area (Å²) in [5.74, 6) is -0.193. The molecule has 0 aromatic rings. The molecular weight excluding hydrogens is 184 g/mol. The molecule has 1 N–H and O–H groups in total. The Balaban J connectivity index is 2.16. The van der Waals surface area contributed by atoms with E-state index < -0.39 is 0 Å². The molecule has 1 aliphatic heterocycles. The molecule has 0 atom stereocenters. The van der Waals surface area contributed by atoms with Crippen molar-refractivity contribution in [2.24, 2.45) is 0 Å². The molecule has 0 aromatic heterocycles. The van der Waals surface area contributed by atoms with Gasteiger partial charge in [0.15, 0.2) is 5.78 Å². The lowest BCUT2D eigenvalue weighted by molar-refractivity contribution is -0.127. The van der Waals surface area contributed by atoms with Crippen LogP contribution in [0.4, 0.5) is 0 Å². The molecule has 0 aromatic carbocycles. The molecule has 1 rings (SSSR count). The highest BCUT2D eigenvalue weighted by atomic mass is 16.2. The van der Waals surface area contributed by atoms with Crippen molar-refractivity contribution in [3.8, 4) is 0 Å². The normalized spacial score (nSPS) is 16.2. The number of carbonyl (C=O) groups is 3. The van der Waals surface area contributed by atoms with Gasteiger partial charge >= 0.3 is 0 Å². The van der Waals surface area contributed by atoms with Crippen molar-refractivity contribution in [1.82, 2.24) is 10.2 Å². The predicted molar refractivity (Wildman–Crippen MR) is 49.5 cm³/mol. The highest BCUT2D eigenvalue weighted by Crippen LogP contribution is 2.06. The Morgan fingerprint density at radius 2 is 2.21 bits per heavy atom. The van der Waals surface area contributed by atoms with E-state index in [1.54, 1.807) is 0 Å². The quantitative estimate of drug-likeness (QED) is 0.480. The van der Waals surface area contributed by atoms with Crippen molar-refractivity contribution < 1.29 is 14.4 Å². The first-order valence-electron chi connectivity index (χ1n) is 4.63. The van der Waals surface area contributed by atoms with Crippen LogP contribution in [0.15, 0.2) is 0 Å². The van der Waals surface area contributed by atoms with Crippen LogP contribution in [0, 0.1) is 0 Å². The monoisotopic (exact) mass is 198 g/mol. The molecule has 5 nitrogen and oxygen atoms in total. The fourth-order valence-electron chi connectivity index (χ4n) is 1.38. The van der Waals surface area contributed by atoms with Crippen molar-refractivity contribution in [3.63, 3.8) is 0 Å². The van der Waals surface area contributed by atoms with Crippen LogP contribution in [0.5, 0.6) is 0 Å². The van der Waals surface area contributed by atoms with Gasteiger partial charge in [-0.3, -0.25) is 14.4 Å². The van der Waals surface area contributed by atoms with Crippen LogP contribution in [0.3, 0.4) is 0 Å². The van der Waals surface area contributed by atoms with E-state index >= 15 is 0 Å². The van der Waals surface area contributed by atoms with E-state index in [4.69, 9.17) is 0 Å². The van der Waals surface area contributed by atoms with Gasteiger partial charge in [0, 0.05) is 20.0 Å². The summed E-state index contributed by atoms with van der Waals surface area (Å²) < 4.78 is 0. The second-order valence-electron chi connectivity index (χ2n) is 3.37. The third kappa shape index (κ3) is 3.16. The largest absolute Gasteiger partial charge is 0.356 e. The highest BCUT2D eigenvalue weighted by Gasteiger charge is 2.26. The van der Waals surface area contributed by atoms with E-state index in [0.717, 1.165) is 0 Å². The van der Waals surface area contributed by atoms with Gasteiger partial charge in [-0.15, -0.1) is 0 Å². The van der Waals surface area contributed by atoms with Crippen LogP contribution < -0.4 is 5.32 Å². The molecule has 0 spiro atoms. The number of amides is 2. The average Bonchev–Trinajstić information content (AvgIpc) is 2.39. The van der Waals surface area contributed by atoms with Gasteiger partial charge in [-0.2, -0.15) is 0 Å². The first kappa shape index (κ1) is 10.7. The Labute approximate surface area is 82.4 Å². The lowest BCUT2D eigenvalue weighted by atomic mass is 10.3. The van der Waals surface area contributed by atoms with E-state index in [9.17, 15) is 14.4 Å². The van der Waals surface area contributed by atoms with Crippen molar-refractivity contribution in [2.45, 2.75) is 19.8 Å². The summed E-state index contributed by atoms with van der Waals surface area (Å²) in [5, 5.41) is 2.63. The van der Waals surface area contributed by atoms with Gasteiger partial charge in [-0.05, 0) is 6.42 Å². The molecule has 0 aliphatic carbocycles. The lowest BCUT2D eigenvalue weighted by Gasteiger charge is -2.13. The zero-order chi connectivity index (χ0) is 10.6. The maximum Gasteiger partial charge on any atom is 0.230 e. The van der Waals surface area contributed by atoms with Crippen molar-refractivity contribution in [3.05, 3.63) is 0 Å². The smallest absolute Gasteiger partial charge is 0.230 e. The van der Waals surface area contributed by atoms with Crippen LogP contribution in [0.1, 0.15) is 19.8 Å². The van der Waals surface area contributed by atoms with Crippen molar-refractivity contribution >= 4 is 17.6 Å². The molecule has 1 fully saturated rings. The van der Waals surface area contributed by atoms with Crippen LogP contribution in [-0.4, -0.2) is 42.1 Å². The standard InChI is InChI=1S/C9H14N2O3/c1-7(12)10-3-2-4-11-6-8(13)5-9(11)14/h2-6H2,1H3,(H,10,12). The van der Waals surface area contributed by atoms with Gasteiger partial charge in [-0.25, -0.2) is 0 Å². The molecule has 0 radical (unpaired) electrons. The summed E-state index contributed by atoms with van der Waals surface area (Å²) in [4.78, 5) is 34.0. The van der Waals surface area contributed by atoms with Gasteiger partial charge in [-0.1, -0.05) is 0 Å². The van der Waals surface area contributed by atoms with Gasteiger partial charge in [0.05, 0.1) is 13.0 Å². The minimum atomic E-state index is -0.0992. The number of rotatable bonds is 4. The lowest BCUT2D eigenvalue weighted by Crippen LogP contribution is -2.30. The van der Waals surface area contributed by atoms with Crippen LogP contribution >= 0.6 is 0 Å². The summed E-state index contributed by atoms with van der Waals surface area (Å²) >= 11 is 0. The molecule has 14 heavy (non-hydrogen) atoms. The third-order valence-corrected chi connectivity index (χ3v) is 2.05. The first-order valence-corrected chi connectivity index (χ1v) is 4.63. The fraction of sp³-hybridized carbons (Fsp3) is 0.667. The first-order chi connectivity index (χ1) is 6.59. The molecule has 2 amide bonds. The van der Waals surface area contributed by atoms with Gasteiger partial charge in [0.2, 0.25) is 11.8 Å². The molecular formula is C9H14N2O3. The Morgan fingerprint density at radius 1 is 1.50 bits per heavy atom. The topological polar surface area (TPSA) is 66.5 Å². The second-order valence-corrected chi connectivity index (χ2v) is 3.37. The van der Waals surface area contributed by atoms with E-state index in [-0.39, 0.29) is 30.6 Å². The molecule has 0 bridgehead atoms. The average molecular weight is 198 g/mol. The summed E-state index contributed by atoms with van der Waals surface area (Å²) in [6.45, 7) is 2.78. The molecule has 0 saturated carbocycles. The number of carbonyl (C=O) groups excluding carboxylic acids is 3. The summed E-state index contributed by atoms with van der Waals surface area (Å²) in [7, 11) is 0. The van der Waals surface area contributed by atoms with E-state index in [1.165, 1.54) is 11.8 Å². The minimum absolute atomic E-state index is 0.0190. The number of Topliss-reactive ketones (excluding diaryl/α,β-unsaturated/α-hetero) is 1. The van der Waals surface area contributed by atoms with Crippen LogP contribution in [0.25, 0.3) is 0 Å². The Kier molecular flexibility index (Phi) is 3.62. The molecule has 1 saturated heterocycles. The van der Waals surface area contributed by atoms with E-state index in [2.05, 4.69) is 5.32 Å². The van der Waals surface area contributed by atoms with Crippen LogP contribution in [-0.2, 0) is 14.4 Å². The zero-order valence-corrected chi connectivity index (χ0v) is 8.21. The fourth-order valence-corrected chi connectivity index (χ4v) is 1.38. The van der Waals surface area contributed by atoms with Gasteiger partial charge in [0.1, 0.15) is 0 Å². The number of nitrogens with zero attached hydrogens (tertiary/aromatic N) is 1. The van der Waals surface area contributed by atoms with E-state index in [1.807, 2.05) is 0 Å². The number of ketones is 1. The predicted octanol–water partition coefficient (Wildman–Crippen LogP) is -0.686. The molecule has 1 heterocycles. The van der Waals surface area contributed by atoms with Gasteiger partial charge in [0.25, 0.3) is 0 Å². The second kappa shape index (κ2) is 4.74. The highest BCUT2D eigenvalue weighted by molar-refractivity contribution is 6.05. The van der Waals surface area contributed by atoms with E-state index in [0.29, 0.717) is 19.5 Å². The van der Waals surface area contributed by atoms with Crippen LogP contribution in [0.2, 0.25) is 0 Å². The Hall–Kier alpha value is -1.39. The molecule has 1 aliphatic rings. The number of nitrogens with one attached hydrogen (secondary N) is 1. The third-order valence-electron chi connectivity index (χ3n) is 2.05. The van der Waals surface area contributed by atoms with Crippen molar-refractivity contribution in [2.75, 3.05) is 19.6 Å². The summed E-state index contributed by atoms with van der Waals surface area (Å²) in [6.07, 6.45) is 0.735. The Bertz CT molecular complexity index is 263. The summed E-state index contributed by atoms with van der Waals surface area (Å²) in [5.41, 5.74) is 0. The molecule has 78 valence electrons. The maximum absolute atomic E-state index is 11.1. The van der Waals surface area contributed by atoms with Gasteiger partial charge < -0.3 is 10.2 Å².